The molecule has 1 aromatic heterocycles. The molecule has 134 valence electrons. The number of morpholine rings is 1. The van der Waals surface area contributed by atoms with Gasteiger partial charge in [0.05, 0.1) is 32.3 Å². The standard InChI is InChI=1S/C19H25N3OS2/c1-15-4-6-16(7-5-15)18(17-3-2-14-25-17)21-19(24)20-8-9-22-10-12-23-13-11-22/h2-7,14,18H,8-13H2,1H3,(H2,20,21,24)/p+1/t18-/m1/s1. The van der Waals surface area contributed by atoms with E-state index in [1.54, 1.807) is 16.2 Å². The summed E-state index contributed by atoms with van der Waals surface area (Å²) in [6, 6.07) is 13.0. The van der Waals surface area contributed by atoms with Crippen molar-refractivity contribution in [2.75, 3.05) is 39.4 Å². The van der Waals surface area contributed by atoms with E-state index in [-0.39, 0.29) is 6.04 Å². The van der Waals surface area contributed by atoms with Crippen LogP contribution in [-0.4, -0.2) is 44.5 Å². The molecule has 0 radical (unpaired) electrons. The van der Waals surface area contributed by atoms with Crippen LogP contribution in [0.1, 0.15) is 22.0 Å². The van der Waals surface area contributed by atoms with E-state index >= 15 is 0 Å². The molecule has 1 fully saturated rings. The summed E-state index contributed by atoms with van der Waals surface area (Å²) < 4.78 is 5.40. The Labute approximate surface area is 159 Å². The number of benzene rings is 1. The maximum absolute atomic E-state index is 5.55. The van der Waals surface area contributed by atoms with Crippen LogP contribution in [0.2, 0.25) is 0 Å². The predicted octanol–water partition coefficient (Wildman–Crippen LogP) is 1.53. The van der Waals surface area contributed by atoms with Crippen molar-refractivity contribution >= 4 is 28.7 Å². The van der Waals surface area contributed by atoms with Gasteiger partial charge in [0, 0.05) is 4.88 Å². The van der Waals surface area contributed by atoms with E-state index in [0.717, 1.165) is 39.4 Å². The lowest BCUT2D eigenvalue weighted by Crippen LogP contribution is -3.14. The van der Waals surface area contributed by atoms with E-state index in [1.807, 2.05) is 0 Å². The number of thiophene rings is 1. The quantitative estimate of drug-likeness (QED) is 0.669. The largest absolute Gasteiger partial charge is 0.370 e. The lowest BCUT2D eigenvalue weighted by atomic mass is 10.0. The van der Waals surface area contributed by atoms with Gasteiger partial charge >= 0.3 is 0 Å². The Hall–Kier alpha value is -1.47. The van der Waals surface area contributed by atoms with E-state index in [1.165, 1.54) is 16.0 Å². The van der Waals surface area contributed by atoms with Crippen LogP contribution in [0.15, 0.2) is 41.8 Å². The highest BCUT2D eigenvalue weighted by molar-refractivity contribution is 7.80. The number of nitrogens with one attached hydrogen (secondary N) is 3. The van der Waals surface area contributed by atoms with Crippen LogP contribution in [-0.2, 0) is 4.74 Å². The molecule has 3 rings (SSSR count). The minimum atomic E-state index is 0.0938. The number of rotatable bonds is 6. The molecule has 1 aromatic carbocycles. The number of thiocarbonyl (C=S) groups is 1. The minimum Gasteiger partial charge on any atom is -0.370 e. The van der Waals surface area contributed by atoms with Crippen molar-refractivity contribution in [2.24, 2.45) is 0 Å². The first kappa shape index (κ1) is 18.3. The smallest absolute Gasteiger partial charge is 0.167 e. The van der Waals surface area contributed by atoms with Gasteiger partial charge in [-0.3, -0.25) is 0 Å². The first-order valence-electron chi connectivity index (χ1n) is 8.78. The summed E-state index contributed by atoms with van der Waals surface area (Å²) in [6.45, 7) is 7.97. The third-order valence-electron chi connectivity index (χ3n) is 4.48. The summed E-state index contributed by atoms with van der Waals surface area (Å²) in [5, 5.41) is 9.68. The summed E-state index contributed by atoms with van der Waals surface area (Å²) >= 11 is 7.30. The Morgan fingerprint density at radius 1 is 1.24 bits per heavy atom. The van der Waals surface area contributed by atoms with E-state index in [9.17, 15) is 0 Å². The highest BCUT2D eigenvalue weighted by atomic mass is 32.1. The first-order chi connectivity index (χ1) is 12.2. The van der Waals surface area contributed by atoms with Crippen molar-refractivity contribution in [1.82, 2.24) is 10.6 Å². The van der Waals surface area contributed by atoms with Gasteiger partial charge in [-0.25, -0.2) is 0 Å². The lowest BCUT2D eigenvalue weighted by Gasteiger charge is -2.25. The zero-order valence-electron chi connectivity index (χ0n) is 14.6. The fraction of sp³-hybridized carbons (Fsp3) is 0.421. The molecule has 25 heavy (non-hydrogen) atoms. The van der Waals surface area contributed by atoms with Crippen LogP contribution < -0.4 is 15.5 Å². The maximum Gasteiger partial charge on any atom is 0.167 e. The molecule has 0 saturated carbocycles. The number of quaternary nitrogens is 1. The monoisotopic (exact) mass is 376 g/mol. The lowest BCUT2D eigenvalue weighted by molar-refractivity contribution is -0.906. The molecule has 1 saturated heterocycles. The number of aryl methyl sites for hydroxylation is 1. The fourth-order valence-corrected chi connectivity index (χ4v) is 4.00. The Morgan fingerprint density at radius 3 is 2.68 bits per heavy atom. The summed E-state index contributed by atoms with van der Waals surface area (Å²) in [5.74, 6) is 0. The van der Waals surface area contributed by atoms with Crippen LogP contribution in [0.3, 0.4) is 0 Å². The topological polar surface area (TPSA) is 37.7 Å². The average Bonchev–Trinajstić information content (AvgIpc) is 3.16. The maximum atomic E-state index is 5.55. The molecule has 1 aliphatic heterocycles. The highest BCUT2D eigenvalue weighted by Gasteiger charge is 2.17. The molecule has 0 unspecified atom stereocenters. The molecule has 1 atom stereocenters. The van der Waals surface area contributed by atoms with E-state index in [2.05, 4.69) is 59.3 Å². The van der Waals surface area contributed by atoms with Gasteiger partial charge in [-0.2, -0.15) is 0 Å². The van der Waals surface area contributed by atoms with E-state index in [0.29, 0.717) is 5.11 Å². The number of hydrogen-bond acceptors (Lipinski definition) is 3. The number of ether oxygens (including phenoxy) is 1. The van der Waals surface area contributed by atoms with Crippen LogP contribution >= 0.6 is 23.6 Å². The molecule has 4 nitrogen and oxygen atoms in total. The Kier molecular flexibility index (Phi) is 6.81. The van der Waals surface area contributed by atoms with Gasteiger partial charge in [0.2, 0.25) is 0 Å². The summed E-state index contributed by atoms with van der Waals surface area (Å²) in [7, 11) is 0. The number of hydrogen-bond donors (Lipinski definition) is 3. The zero-order chi connectivity index (χ0) is 17.5. The van der Waals surface area contributed by atoms with Crippen LogP contribution in [0.4, 0.5) is 0 Å². The molecule has 3 N–H and O–H groups in total. The van der Waals surface area contributed by atoms with Gasteiger partial charge < -0.3 is 20.3 Å². The zero-order valence-corrected chi connectivity index (χ0v) is 16.2. The van der Waals surface area contributed by atoms with Gasteiger partial charge in [0.25, 0.3) is 0 Å². The Bertz CT molecular complexity index is 652. The van der Waals surface area contributed by atoms with Gasteiger partial charge in [-0.1, -0.05) is 35.9 Å². The molecule has 6 heteroatoms. The molecule has 2 heterocycles. The van der Waals surface area contributed by atoms with Crippen molar-refractivity contribution in [3.8, 4) is 0 Å². The second-order valence-corrected chi connectivity index (χ2v) is 7.76. The molecule has 0 bridgehead atoms. The third-order valence-corrected chi connectivity index (χ3v) is 5.68. The van der Waals surface area contributed by atoms with Crippen molar-refractivity contribution in [2.45, 2.75) is 13.0 Å². The van der Waals surface area contributed by atoms with Gasteiger partial charge in [0.15, 0.2) is 5.11 Å². The highest BCUT2D eigenvalue weighted by Crippen LogP contribution is 2.26. The van der Waals surface area contributed by atoms with Gasteiger partial charge in [-0.15, -0.1) is 11.3 Å². The Balaban J connectivity index is 1.56. The molecule has 1 aliphatic rings. The van der Waals surface area contributed by atoms with Crippen LogP contribution in [0.25, 0.3) is 0 Å². The minimum absolute atomic E-state index is 0.0938. The summed E-state index contributed by atoms with van der Waals surface area (Å²) in [6.07, 6.45) is 0. The normalized spacial score (nSPS) is 16.4. The van der Waals surface area contributed by atoms with E-state index < -0.39 is 0 Å². The summed E-state index contributed by atoms with van der Waals surface area (Å²) in [4.78, 5) is 2.85. The first-order valence-corrected chi connectivity index (χ1v) is 10.1. The van der Waals surface area contributed by atoms with Crippen LogP contribution in [0, 0.1) is 6.92 Å². The second kappa shape index (κ2) is 9.29. The molecule has 0 spiro atoms. The molecular weight excluding hydrogens is 350 g/mol. The molecule has 0 aliphatic carbocycles. The Morgan fingerprint density at radius 2 is 2.00 bits per heavy atom. The van der Waals surface area contributed by atoms with E-state index in [4.69, 9.17) is 17.0 Å². The molecule has 2 aromatic rings. The fourth-order valence-electron chi connectivity index (χ4n) is 2.98. The van der Waals surface area contributed by atoms with Gasteiger partial charge in [-0.05, 0) is 36.2 Å². The predicted molar refractivity (Wildman–Crippen MR) is 107 cm³/mol. The molecular formula is C19H26N3OS2+. The van der Waals surface area contributed by atoms with Crippen LogP contribution in [0.5, 0.6) is 0 Å². The van der Waals surface area contributed by atoms with Crippen molar-refractivity contribution in [3.63, 3.8) is 0 Å². The SMILES string of the molecule is Cc1ccc([C@@H](NC(=S)NCC[NH+]2CCOCC2)c2cccs2)cc1. The average molecular weight is 377 g/mol. The van der Waals surface area contributed by atoms with Crippen molar-refractivity contribution < 1.29 is 9.64 Å². The third kappa shape index (κ3) is 5.51. The molecule has 0 amide bonds. The second-order valence-electron chi connectivity index (χ2n) is 6.37. The van der Waals surface area contributed by atoms with Crippen molar-refractivity contribution in [3.05, 3.63) is 57.8 Å². The van der Waals surface area contributed by atoms with Gasteiger partial charge in [0.1, 0.15) is 13.1 Å². The summed E-state index contributed by atoms with van der Waals surface area (Å²) in [5.41, 5.74) is 2.50. The van der Waals surface area contributed by atoms with Crippen molar-refractivity contribution in [1.29, 1.82) is 0 Å².